The van der Waals surface area contributed by atoms with Crippen molar-refractivity contribution in [3.63, 3.8) is 0 Å². The molecule has 0 bridgehead atoms. The third-order valence-corrected chi connectivity index (χ3v) is 6.32. The highest BCUT2D eigenvalue weighted by Crippen LogP contribution is 2.27. The number of thiophene rings is 1. The number of ether oxygens (including phenoxy) is 1. The Balaban J connectivity index is 2.24. The quantitative estimate of drug-likeness (QED) is 0.898. The fourth-order valence-electron chi connectivity index (χ4n) is 2.11. The van der Waals surface area contributed by atoms with Crippen molar-refractivity contribution >= 4 is 21.4 Å². The second-order valence-electron chi connectivity index (χ2n) is 4.28. The Morgan fingerprint density at radius 3 is 2.78 bits per heavy atom. The number of hydrogen-bond acceptors (Lipinski definition) is 5. The SMILES string of the molecule is CN(C1CCOCC1)S(=O)(=O)c1ccsc1CN. The summed E-state index contributed by atoms with van der Waals surface area (Å²) < 4.78 is 31.7. The summed E-state index contributed by atoms with van der Waals surface area (Å²) in [5.74, 6) is 0. The van der Waals surface area contributed by atoms with E-state index in [0.717, 1.165) is 12.8 Å². The second-order valence-corrected chi connectivity index (χ2v) is 7.24. The zero-order chi connectivity index (χ0) is 13.2. The summed E-state index contributed by atoms with van der Waals surface area (Å²) in [6.45, 7) is 1.50. The average Bonchev–Trinajstić information content (AvgIpc) is 2.88. The van der Waals surface area contributed by atoms with Crippen LogP contribution in [0.1, 0.15) is 17.7 Å². The van der Waals surface area contributed by atoms with Crippen molar-refractivity contribution < 1.29 is 13.2 Å². The molecule has 2 rings (SSSR count). The van der Waals surface area contributed by atoms with Gasteiger partial charge in [-0.1, -0.05) is 0 Å². The van der Waals surface area contributed by atoms with E-state index in [-0.39, 0.29) is 12.6 Å². The summed E-state index contributed by atoms with van der Waals surface area (Å²) in [5.41, 5.74) is 5.58. The number of rotatable bonds is 4. The van der Waals surface area contributed by atoms with Crippen molar-refractivity contribution in [2.75, 3.05) is 20.3 Å². The maximum Gasteiger partial charge on any atom is 0.244 e. The van der Waals surface area contributed by atoms with Crippen LogP contribution in [0, 0.1) is 0 Å². The molecule has 0 amide bonds. The molecule has 5 nitrogen and oxygen atoms in total. The van der Waals surface area contributed by atoms with E-state index in [1.54, 1.807) is 18.5 Å². The topological polar surface area (TPSA) is 72.6 Å². The van der Waals surface area contributed by atoms with Crippen LogP contribution in [0.3, 0.4) is 0 Å². The molecule has 7 heteroatoms. The lowest BCUT2D eigenvalue weighted by Crippen LogP contribution is -2.40. The van der Waals surface area contributed by atoms with E-state index in [1.165, 1.54) is 15.6 Å². The van der Waals surface area contributed by atoms with Crippen molar-refractivity contribution in [2.45, 2.75) is 30.3 Å². The predicted octanol–water partition coefficient (Wildman–Crippen LogP) is 1.01. The van der Waals surface area contributed by atoms with Crippen molar-refractivity contribution in [2.24, 2.45) is 5.73 Å². The van der Waals surface area contributed by atoms with Gasteiger partial charge in [0.25, 0.3) is 0 Å². The zero-order valence-electron chi connectivity index (χ0n) is 10.3. The van der Waals surface area contributed by atoms with Gasteiger partial charge in [-0.05, 0) is 24.3 Å². The first kappa shape index (κ1) is 14.0. The molecule has 1 saturated heterocycles. The highest BCUT2D eigenvalue weighted by molar-refractivity contribution is 7.89. The molecule has 1 aliphatic heterocycles. The Morgan fingerprint density at radius 1 is 1.50 bits per heavy atom. The summed E-state index contributed by atoms with van der Waals surface area (Å²) in [7, 11) is -1.79. The molecule has 2 N–H and O–H groups in total. The summed E-state index contributed by atoms with van der Waals surface area (Å²) in [5, 5.41) is 1.77. The summed E-state index contributed by atoms with van der Waals surface area (Å²) in [6.07, 6.45) is 1.50. The Morgan fingerprint density at radius 2 is 2.17 bits per heavy atom. The van der Waals surface area contributed by atoms with Crippen LogP contribution >= 0.6 is 11.3 Å². The monoisotopic (exact) mass is 290 g/mol. The van der Waals surface area contributed by atoms with E-state index in [2.05, 4.69) is 0 Å². The summed E-state index contributed by atoms with van der Waals surface area (Å²) in [6, 6.07) is 1.66. The average molecular weight is 290 g/mol. The lowest BCUT2D eigenvalue weighted by Gasteiger charge is -2.30. The van der Waals surface area contributed by atoms with Gasteiger partial charge in [0.15, 0.2) is 0 Å². The maximum atomic E-state index is 12.5. The minimum Gasteiger partial charge on any atom is -0.381 e. The maximum absolute atomic E-state index is 12.5. The molecule has 1 fully saturated rings. The first-order valence-electron chi connectivity index (χ1n) is 5.89. The van der Waals surface area contributed by atoms with Gasteiger partial charge in [-0.25, -0.2) is 8.42 Å². The van der Waals surface area contributed by atoms with Crippen LogP contribution in [0.2, 0.25) is 0 Å². The number of nitrogens with two attached hydrogens (primary N) is 1. The summed E-state index contributed by atoms with van der Waals surface area (Å²) >= 11 is 1.38. The van der Waals surface area contributed by atoms with Crippen molar-refractivity contribution in [3.05, 3.63) is 16.3 Å². The van der Waals surface area contributed by atoms with E-state index >= 15 is 0 Å². The zero-order valence-corrected chi connectivity index (χ0v) is 12.0. The molecular weight excluding hydrogens is 272 g/mol. The van der Waals surface area contributed by atoms with Crippen LogP contribution in [0.25, 0.3) is 0 Å². The first-order chi connectivity index (χ1) is 8.57. The van der Waals surface area contributed by atoms with E-state index < -0.39 is 10.0 Å². The molecule has 0 saturated carbocycles. The van der Waals surface area contributed by atoms with E-state index in [1.807, 2.05) is 0 Å². The molecule has 0 atom stereocenters. The fourth-order valence-corrected chi connectivity index (χ4v) is 4.83. The predicted molar refractivity (Wildman–Crippen MR) is 71.0 cm³/mol. The molecule has 0 radical (unpaired) electrons. The van der Waals surface area contributed by atoms with Crippen molar-refractivity contribution in [3.8, 4) is 0 Å². The smallest absolute Gasteiger partial charge is 0.244 e. The molecule has 0 aromatic carbocycles. The van der Waals surface area contributed by atoms with Crippen LogP contribution < -0.4 is 5.73 Å². The molecule has 1 aromatic heterocycles. The Bertz CT molecular complexity index is 492. The fraction of sp³-hybridized carbons (Fsp3) is 0.636. The Kier molecular flexibility index (Phi) is 4.39. The van der Waals surface area contributed by atoms with E-state index in [0.29, 0.717) is 23.0 Å². The highest BCUT2D eigenvalue weighted by Gasteiger charge is 2.31. The standard InChI is InChI=1S/C11H18N2O3S2/c1-13(9-2-5-16-6-3-9)18(14,15)11-4-7-17-10(11)8-12/h4,7,9H,2-3,5-6,8,12H2,1H3. The molecule has 0 aliphatic carbocycles. The van der Waals surface area contributed by atoms with Crippen molar-refractivity contribution in [1.82, 2.24) is 4.31 Å². The van der Waals surface area contributed by atoms with Crippen LogP contribution in [-0.4, -0.2) is 39.0 Å². The normalized spacial score (nSPS) is 18.4. The van der Waals surface area contributed by atoms with Crippen LogP contribution in [-0.2, 0) is 21.3 Å². The summed E-state index contributed by atoms with van der Waals surface area (Å²) in [4.78, 5) is 1.07. The highest BCUT2D eigenvalue weighted by atomic mass is 32.2. The third kappa shape index (κ3) is 2.60. The van der Waals surface area contributed by atoms with Gasteiger partial charge in [-0.3, -0.25) is 0 Å². The van der Waals surface area contributed by atoms with Gasteiger partial charge in [-0.2, -0.15) is 4.31 Å². The van der Waals surface area contributed by atoms with Gasteiger partial charge in [0, 0.05) is 37.7 Å². The minimum absolute atomic E-state index is 0.0225. The van der Waals surface area contributed by atoms with Gasteiger partial charge in [0.05, 0.1) is 4.90 Å². The van der Waals surface area contributed by atoms with Gasteiger partial charge >= 0.3 is 0 Å². The number of nitrogens with zero attached hydrogens (tertiary/aromatic N) is 1. The van der Waals surface area contributed by atoms with Crippen LogP contribution in [0.15, 0.2) is 16.3 Å². The number of hydrogen-bond donors (Lipinski definition) is 1. The van der Waals surface area contributed by atoms with Gasteiger partial charge in [0.1, 0.15) is 0 Å². The minimum atomic E-state index is -3.43. The molecule has 1 aromatic rings. The van der Waals surface area contributed by atoms with E-state index in [9.17, 15) is 8.42 Å². The lowest BCUT2D eigenvalue weighted by molar-refractivity contribution is 0.0632. The van der Waals surface area contributed by atoms with Crippen molar-refractivity contribution in [1.29, 1.82) is 0 Å². The van der Waals surface area contributed by atoms with Gasteiger partial charge in [0.2, 0.25) is 10.0 Å². The molecule has 102 valence electrons. The molecule has 18 heavy (non-hydrogen) atoms. The third-order valence-electron chi connectivity index (χ3n) is 3.25. The molecular formula is C11H18N2O3S2. The molecule has 2 heterocycles. The Labute approximate surface area is 112 Å². The lowest BCUT2D eigenvalue weighted by atomic mass is 10.1. The Hall–Kier alpha value is -0.470. The van der Waals surface area contributed by atoms with Crippen LogP contribution in [0.5, 0.6) is 0 Å². The first-order valence-corrected chi connectivity index (χ1v) is 8.21. The second kappa shape index (κ2) is 5.66. The molecule has 0 spiro atoms. The van der Waals surface area contributed by atoms with Gasteiger partial charge < -0.3 is 10.5 Å². The van der Waals surface area contributed by atoms with E-state index in [4.69, 9.17) is 10.5 Å². The number of sulfonamides is 1. The molecule has 0 unspecified atom stereocenters. The van der Waals surface area contributed by atoms with Gasteiger partial charge in [-0.15, -0.1) is 11.3 Å². The largest absolute Gasteiger partial charge is 0.381 e. The molecule has 1 aliphatic rings. The van der Waals surface area contributed by atoms with Crippen LogP contribution in [0.4, 0.5) is 0 Å².